The lowest BCUT2D eigenvalue weighted by Crippen LogP contribution is -2.39. The van der Waals surface area contributed by atoms with Crippen LogP contribution in [0.3, 0.4) is 0 Å². The van der Waals surface area contributed by atoms with Crippen molar-refractivity contribution >= 4 is 11.6 Å². The van der Waals surface area contributed by atoms with Gasteiger partial charge in [-0.15, -0.1) is 0 Å². The number of nitrogens with one attached hydrogen (secondary N) is 1. The molecule has 3 nitrogen and oxygen atoms in total. The summed E-state index contributed by atoms with van der Waals surface area (Å²) in [5, 5.41) is 3.09. The van der Waals surface area contributed by atoms with E-state index in [1.807, 2.05) is 11.8 Å². The molecule has 1 aromatic rings. The lowest BCUT2D eigenvalue weighted by Gasteiger charge is -2.21. The fourth-order valence-corrected chi connectivity index (χ4v) is 2.07. The molecular weight excluding hydrogens is 219 g/mol. The minimum absolute atomic E-state index is 0.117. The Hall–Kier alpha value is -1.58. The summed E-state index contributed by atoms with van der Waals surface area (Å²) >= 11 is 0. The summed E-state index contributed by atoms with van der Waals surface area (Å²) in [5.41, 5.74) is 0.770. The van der Waals surface area contributed by atoms with Gasteiger partial charge in [-0.25, -0.2) is 4.39 Å². The van der Waals surface area contributed by atoms with E-state index < -0.39 is 0 Å². The number of hydrogen-bond acceptors (Lipinski definition) is 2. The zero-order chi connectivity index (χ0) is 12.3. The largest absolute Gasteiger partial charge is 0.374 e. The van der Waals surface area contributed by atoms with Crippen molar-refractivity contribution in [3.63, 3.8) is 0 Å². The number of hydrogen-bond donors (Lipinski definition) is 1. The zero-order valence-electron chi connectivity index (χ0n) is 9.95. The van der Waals surface area contributed by atoms with Crippen LogP contribution in [0.15, 0.2) is 24.3 Å². The maximum absolute atomic E-state index is 12.7. The lowest BCUT2D eigenvalue weighted by atomic mass is 10.2. The van der Waals surface area contributed by atoms with E-state index in [4.69, 9.17) is 0 Å². The molecule has 0 saturated carbocycles. The van der Waals surface area contributed by atoms with Crippen LogP contribution in [-0.2, 0) is 4.79 Å². The van der Waals surface area contributed by atoms with E-state index in [-0.39, 0.29) is 17.8 Å². The maximum atomic E-state index is 12.7. The zero-order valence-corrected chi connectivity index (χ0v) is 9.95. The SMILES string of the molecule is CC(Nc1ccc(F)cc1)C(=O)N1CCCC1. The molecule has 2 rings (SSSR count). The number of rotatable bonds is 3. The van der Waals surface area contributed by atoms with Crippen molar-refractivity contribution in [2.45, 2.75) is 25.8 Å². The Kier molecular flexibility index (Phi) is 3.61. The Morgan fingerprint density at radius 2 is 1.88 bits per heavy atom. The molecule has 1 heterocycles. The third-order valence-electron chi connectivity index (χ3n) is 3.02. The van der Waals surface area contributed by atoms with E-state index >= 15 is 0 Å². The Labute approximate surface area is 101 Å². The van der Waals surface area contributed by atoms with E-state index in [9.17, 15) is 9.18 Å². The van der Waals surface area contributed by atoms with Gasteiger partial charge in [0.1, 0.15) is 11.9 Å². The fourth-order valence-electron chi connectivity index (χ4n) is 2.07. The van der Waals surface area contributed by atoms with Gasteiger partial charge in [-0.05, 0) is 44.0 Å². The molecule has 1 fully saturated rings. The molecule has 1 aliphatic heterocycles. The van der Waals surface area contributed by atoms with Crippen molar-refractivity contribution < 1.29 is 9.18 Å². The molecule has 0 bridgehead atoms. The second-order valence-electron chi connectivity index (χ2n) is 4.41. The van der Waals surface area contributed by atoms with Crippen molar-refractivity contribution in [2.24, 2.45) is 0 Å². The standard InChI is InChI=1S/C13H17FN2O/c1-10(13(17)16-8-2-3-9-16)15-12-6-4-11(14)5-7-12/h4-7,10,15H,2-3,8-9H2,1H3. The molecule has 0 radical (unpaired) electrons. The lowest BCUT2D eigenvalue weighted by molar-refractivity contribution is -0.130. The molecule has 1 saturated heterocycles. The molecule has 1 amide bonds. The number of halogens is 1. The highest BCUT2D eigenvalue weighted by Gasteiger charge is 2.22. The summed E-state index contributed by atoms with van der Waals surface area (Å²) in [6.07, 6.45) is 2.18. The number of nitrogens with zero attached hydrogens (tertiary/aromatic N) is 1. The van der Waals surface area contributed by atoms with Crippen molar-refractivity contribution in [1.29, 1.82) is 0 Å². The Morgan fingerprint density at radius 1 is 1.29 bits per heavy atom. The summed E-state index contributed by atoms with van der Waals surface area (Å²) in [7, 11) is 0. The van der Waals surface area contributed by atoms with Gasteiger partial charge in [0.15, 0.2) is 0 Å². The predicted molar refractivity (Wildman–Crippen MR) is 65.3 cm³/mol. The van der Waals surface area contributed by atoms with Gasteiger partial charge in [-0.3, -0.25) is 4.79 Å². The minimum Gasteiger partial charge on any atom is -0.374 e. The van der Waals surface area contributed by atoms with Crippen molar-refractivity contribution in [3.05, 3.63) is 30.1 Å². The first-order valence-corrected chi connectivity index (χ1v) is 5.98. The maximum Gasteiger partial charge on any atom is 0.244 e. The number of likely N-dealkylation sites (tertiary alicyclic amines) is 1. The van der Waals surface area contributed by atoms with Gasteiger partial charge in [0.05, 0.1) is 0 Å². The Bertz CT molecular complexity index is 385. The summed E-state index contributed by atoms with van der Waals surface area (Å²) in [5.74, 6) is -0.152. The molecular formula is C13H17FN2O. The van der Waals surface area contributed by atoms with E-state index in [2.05, 4.69) is 5.32 Å². The highest BCUT2D eigenvalue weighted by Crippen LogP contribution is 2.13. The van der Waals surface area contributed by atoms with Crippen LogP contribution in [0.1, 0.15) is 19.8 Å². The molecule has 92 valence electrons. The summed E-state index contributed by atoms with van der Waals surface area (Å²) in [4.78, 5) is 13.9. The number of benzene rings is 1. The van der Waals surface area contributed by atoms with Crippen LogP contribution in [0.25, 0.3) is 0 Å². The van der Waals surface area contributed by atoms with E-state index in [0.29, 0.717) is 0 Å². The van der Waals surface area contributed by atoms with Crippen LogP contribution in [0.4, 0.5) is 10.1 Å². The number of amides is 1. The molecule has 0 aromatic heterocycles. The van der Waals surface area contributed by atoms with Crippen LogP contribution >= 0.6 is 0 Å². The van der Waals surface area contributed by atoms with Crippen LogP contribution < -0.4 is 5.32 Å². The quantitative estimate of drug-likeness (QED) is 0.873. The van der Waals surface area contributed by atoms with Gasteiger partial charge in [0.25, 0.3) is 0 Å². The molecule has 17 heavy (non-hydrogen) atoms. The summed E-state index contributed by atoms with van der Waals surface area (Å²) in [6, 6.07) is 5.79. The topological polar surface area (TPSA) is 32.3 Å². The van der Waals surface area contributed by atoms with Crippen LogP contribution in [-0.4, -0.2) is 29.9 Å². The number of carbonyl (C=O) groups excluding carboxylic acids is 1. The van der Waals surface area contributed by atoms with Gasteiger partial charge >= 0.3 is 0 Å². The first-order chi connectivity index (χ1) is 8.16. The second kappa shape index (κ2) is 5.17. The minimum atomic E-state index is -0.269. The first-order valence-electron chi connectivity index (χ1n) is 5.98. The highest BCUT2D eigenvalue weighted by atomic mass is 19.1. The third-order valence-corrected chi connectivity index (χ3v) is 3.02. The van der Waals surface area contributed by atoms with Gasteiger partial charge < -0.3 is 10.2 Å². The van der Waals surface area contributed by atoms with Crippen LogP contribution in [0.2, 0.25) is 0 Å². The van der Waals surface area contributed by atoms with Gasteiger partial charge in [0, 0.05) is 18.8 Å². The normalized spacial score (nSPS) is 16.9. The Morgan fingerprint density at radius 3 is 2.47 bits per heavy atom. The summed E-state index contributed by atoms with van der Waals surface area (Å²) < 4.78 is 12.7. The second-order valence-corrected chi connectivity index (χ2v) is 4.41. The molecule has 1 N–H and O–H groups in total. The fraction of sp³-hybridized carbons (Fsp3) is 0.462. The average molecular weight is 236 g/mol. The van der Waals surface area contributed by atoms with E-state index in [1.165, 1.54) is 12.1 Å². The number of anilines is 1. The smallest absolute Gasteiger partial charge is 0.244 e. The average Bonchev–Trinajstić information content (AvgIpc) is 2.84. The molecule has 4 heteroatoms. The molecule has 1 atom stereocenters. The number of carbonyl (C=O) groups is 1. The first kappa shape index (κ1) is 11.9. The van der Waals surface area contributed by atoms with Crippen molar-refractivity contribution in [1.82, 2.24) is 4.90 Å². The van der Waals surface area contributed by atoms with Crippen molar-refractivity contribution in [3.8, 4) is 0 Å². The molecule has 1 unspecified atom stereocenters. The summed E-state index contributed by atoms with van der Waals surface area (Å²) in [6.45, 7) is 3.55. The predicted octanol–water partition coefficient (Wildman–Crippen LogP) is 2.25. The monoisotopic (exact) mass is 236 g/mol. The molecule has 0 spiro atoms. The Balaban J connectivity index is 1.93. The van der Waals surface area contributed by atoms with Gasteiger partial charge in [0.2, 0.25) is 5.91 Å². The molecule has 0 aliphatic carbocycles. The van der Waals surface area contributed by atoms with E-state index in [0.717, 1.165) is 31.6 Å². The van der Waals surface area contributed by atoms with Crippen LogP contribution in [0.5, 0.6) is 0 Å². The van der Waals surface area contributed by atoms with Crippen molar-refractivity contribution in [2.75, 3.05) is 18.4 Å². The van der Waals surface area contributed by atoms with Crippen LogP contribution in [0, 0.1) is 5.82 Å². The third kappa shape index (κ3) is 2.96. The van der Waals surface area contributed by atoms with Gasteiger partial charge in [-0.2, -0.15) is 0 Å². The molecule has 1 aliphatic rings. The van der Waals surface area contributed by atoms with Gasteiger partial charge in [-0.1, -0.05) is 0 Å². The molecule has 1 aromatic carbocycles. The highest BCUT2D eigenvalue weighted by molar-refractivity contribution is 5.84. The van der Waals surface area contributed by atoms with E-state index in [1.54, 1.807) is 12.1 Å².